The molecule has 0 spiro atoms. The molecule has 4 nitrogen and oxygen atoms in total. The number of hydrogen-bond donors (Lipinski definition) is 0. The molecule has 3 atom stereocenters. The van der Waals surface area contributed by atoms with Crippen LogP contribution >= 0.6 is 0 Å². The van der Waals surface area contributed by atoms with Gasteiger partial charge in [-0.25, -0.2) is 0 Å². The summed E-state index contributed by atoms with van der Waals surface area (Å²) in [6, 6.07) is 0. The zero-order valence-corrected chi connectivity index (χ0v) is 19.1. The van der Waals surface area contributed by atoms with Crippen LogP contribution in [0, 0.1) is 0 Å². The lowest BCUT2D eigenvalue weighted by Crippen LogP contribution is -2.49. The third-order valence-electron chi connectivity index (χ3n) is 6.04. The van der Waals surface area contributed by atoms with Gasteiger partial charge >= 0.3 is 0 Å². The number of rotatable bonds is 4. The van der Waals surface area contributed by atoms with E-state index in [2.05, 4.69) is 73.8 Å². The van der Waals surface area contributed by atoms with Gasteiger partial charge in [0.1, 0.15) is 18.0 Å². The Kier molecular flexibility index (Phi) is 5.24. The lowest BCUT2D eigenvalue weighted by Gasteiger charge is -2.42. The molecule has 0 aromatic heterocycles. The van der Waals surface area contributed by atoms with Crippen molar-refractivity contribution in [2.75, 3.05) is 6.61 Å². The van der Waals surface area contributed by atoms with E-state index < -0.39 is 16.6 Å². The third kappa shape index (κ3) is 3.98. The Morgan fingerprint density at radius 2 is 1.50 bits per heavy atom. The van der Waals surface area contributed by atoms with Gasteiger partial charge in [0.15, 0.2) is 14.6 Å². The van der Waals surface area contributed by atoms with Crippen LogP contribution in [-0.4, -0.2) is 41.7 Å². The predicted molar refractivity (Wildman–Crippen MR) is 103 cm³/mol. The molecule has 0 aliphatic carbocycles. The molecule has 140 valence electrons. The van der Waals surface area contributed by atoms with Crippen LogP contribution in [0.25, 0.3) is 0 Å². The van der Waals surface area contributed by atoms with Gasteiger partial charge in [0, 0.05) is 0 Å². The van der Waals surface area contributed by atoms with Gasteiger partial charge in [-0.1, -0.05) is 41.5 Å². The lowest BCUT2D eigenvalue weighted by molar-refractivity contribution is -0.118. The van der Waals surface area contributed by atoms with E-state index in [1.54, 1.807) is 0 Å². The molecule has 0 amide bonds. The minimum absolute atomic E-state index is 0.0802. The zero-order chi connectivity index (χ0) is 18.6. The Hall–Kier alpha value is -0.146. The average Bonchev–Trinajstić information content (AvgIpc) is 2.77. The maximum Gasteiger partial charge on any atom is 0.250 e. The summed E-state index contributed by atoms with van der Waals surface area (Å²) in [5, 5.41) is 0.302. The largest absolute Gasteiger partial charge is 0.545 e. The van der Waals surface area contributed by atoms with Crippen LogP contribution in [0.3, 0.4) is 0 Å². The minimum atomic E-state index is -1.91. The molecule has 0 N–H and O–H groups in total. The third-order valence-corrected chi connectivity index (χ3v) is 14.9. The molecule has 2 heterocycles. The van der Waals surface area contributed by atoms with E-state index in [0.29, 0.717) is 6.61 Å². The van der Waals surface area contributed by atoms with Gasteiger partial charge < -0.3 is 18.3 Å². The Morgan fingerprint density at radius 1 is 0.958 bits per heavy atom. The smallest absolute Gasteiger partial charge is 0.250 e. The first-order chi connectivity index (χ1) is 10.6. The monoisotopic (exact) mass is 372 g/mol. The van der Waals surface area contributed by atoms with Gasteiger partial charge in [0.2, 0.25) is 8.32 Å². The molecule has 24 heavy (non-hydrogen) atoms. The van der Waals surface area contributed by atoms with E-state index in [9.17, 15) is 0 Å². The fourth-order valence-electron chi connectivity index (χ4n) is 2.25. The fourth-order valence-corrected chi connectivity index (χ4v) is 4.55. The van der Waals surface area contributed by atoms with E-state index in [4.69, 9.17) is 18.3 Å². The fraction of sp³-hybridized carbons (Fsp3) is 0.889. The lowest BCUT2D eigenvalue weighted by atomic mass is 10.2. The van der Waals surface area contributed by atoms with Crippen LogP contribution in [-0.2, 0) is 18.3 Å². The predicted octanol–water partition coefficient (Wildman–Crippen LogP) is 5.04. The van der Waals surface area contributed by atoms with Gasteiger partial charge in [-0.2, -0.15) is 0 Å². The highest BCUT2D eigenvalue weighted by atomic mass is 28.4. The molecule has 0 saturated carbocycles. The number of hydrogen-bond acceptors (Lipinski definition) is 4. The first-order valence-corrected chi connectivity index (χ1v) is 14.8. The van der Waals surface area contributed by atoms with Crippen molar-refractivity contribution < 1.29 is 18.3 Å². The Bertz CT molecular complexity index is 500. The molecule has 6 heteroatoms. The van der Waals surface area contributed by atoms with E-state index in [0.717, 1.165) is 5.76 Å². The standard InChI is InChI=1S/C18H36O4Si2/c1-17(2,3)23(7,8)21-13-11-14(16-19-12-15(13)20-16)22-24(9,10)18(4,5)6/h11,14-16H,12H2,1-10H3/t14-,15-,16-/m1/s1. The highest BCUT2D eigenvalue weighted by molar-refractivity contribution is 6.74. The summed E-state index contributed by atoms with van der Waals surface area (Å²) in [7, 11) is -3.81. The van der Waals surface area contributed by atoms with Gasteiger partial charge in [0.25, 0.3) is 0 Å². The average molecular weight is 373 g/mol. The van der Waals surface area contributed by atoms with Crippen molar-refractivity contribution in [3.05, 3.63) is 11.8 Å². The van der Waals surface area contributed by atoms with Gasteiger partial charge in [-0.15, -0.1) is 0 Å². The van der Waals surface area contributed by atoms with Crippen LogP contribution in [0.15, 0.2) is 11.8 Å². The quantitative estimate of drug-likeness (QED) is 0.648. The van der Waals surface area contributed by atoms with Gasteiger partial charge in [-0.3, -0.25) is 0 Å². The number of fused-ring (bicyclic) bond motifs is 2. The highest BCUT2D eigenvalue weighted by Gasteiger charge is 2.48. The molecule has 1 fully saturated rings. The highest BCUT2D eigenvalue weighted by Crippen LogP contribution is 2.43. The normalized spacial score (nSPS) is 28.8. The van der Waals surface area contributed by atoms with E-state index in [1.807, 2.05) is 0 Å². The summed E-state index contributed by atoms with van der Waals surface area (Å²) < 4.78 is 25.0. The van der Waals surface area contributed by atoms with Crippen molar-refractivity contribution in [3.63, 3.8) is 0 Å². The SMILES string of the molecule is CC(C)(C)[Si](C)(C)OC1=C[C@@H](O[Si](C)(C)C(C)(C)C)[C@@H]2OC[C@H]1O2. The second kappa shape index (κ2) is 6.23. The first-order valence-electron chi connectivity index (χ1n) is 9.00. The molecular weight excluding hydrogens is 336 g/mol. The molecule has 2 bridgehead atoms. The van der Waals surface area contributed by atoms with E-state index in [-0.39, 0.29) is 28.6 Å². The summed E-state index contributed by atoms with van der Waals surface area (Å²) in [5.41, 5.74) is 0. The molecule has 2 aliphatic heterocycles. The Morgan fingerprint density at radius 3 is 2.00 bits per heavy atom. The van der Waals surface area contributed by atoms with Crippen LogP contribution in [0.2, 0.25) is 36.3 Å². The van der Waals surface area contributed by atoms with Crippen molar-refractivity contribution in [2.24, 2.45) is 0 Å². The minimum Gasteiger partial charge on any atom is -0.545 e. The second-order valence-corrected chi connectivity index (χ2v) is 19.6. The van der Waals surface area contributed by atoms with E-state index >= 15 is 0 Å². The van der Waals surface area contributed by atoms with Crippen molar-refractivity contribution in [1.29, 1.82) is 0 Å². The van der Waals surface area contributed by atoms with Crippen molar-refractivity contribution >= 4 is 16.6 Å². The number of ether oxygens (including phenoxy) is 2. The summed E-state index contributed by atoms with van der Waals surface area (Å²) >= 11 is 0. The van der Waals surface area contributed by atoms with Crippen molar-refractivity contribution in [3.8, 4) is 0 Å². The molecule has 2 rings (SSSR count). The summed E-state index contributed by atoms with van der Waals surface area (Å²) in [6.07, 6.45) is 1.58. The summed E-state index contributed by atoms with van der Waals surface area (Å²) in [6.45, 7) is 23.1. The zero-order valence-electron chi connectivity index (χ0n) is 17.1. The first kappa shape index (κ1) is 20.2. The maximum absolute atomic E-state index is 6.55. The summed E-state index contributed by atoms with van der Waals surface area (Å²) in [4.78, 5) is 0. The Labute approximate surface area is 150 Å². The molecular formula is C18H36O4Si2. The second-order valence-electron chi connectivity index (χ2n) is 10.1. The van der Waals surface area contributed by atoms with Crippen LogP contribution < -0.4 is 0 Å². The van der Waals surface area contributed by atoms with Crippen molar-refractivity contribution in [1.82, 2.24) is 0 Å². The molecule has 2 aliphatic rings. The van der Waals surface area contributed by atoms with Crippen LogP contribution in [0.1, 0.15) is 41.5 Å². The Balaban J connectivity index is 2.22. The molecule has 0 radical (unpaired) electrons. The topological polar surface area (TPSA) is 36.9 Å². The van der Waals surface area contributed by atoms with E-state index in [1.165, 1.54) is 0 Å². The van der Waals surface area contributed by atoms with Crippen molar-refractivity contribution in [2.45, 2.75) is 96.3 Å². The van der Waals surface area contributed by atoms with Gasteiger partial charge in [-0.05, 0) is 42.3 Å². The van der Waals surface area contributed by atoms with Gasteiger partial charge in [0.05, 0.1) is 6.61 Å². The molecule has 0 aromatic rings. The maximum atomic E-state index is 6.55. The summed E-state index contributed by atoms with van der Waals surface area (Å²) in [5.74, 6) is 0.916. The molecule has 0 aromatic carbocycles. The molecule has 0 unspecified atom stereocenters. The molecule has 1 saturated heterocycles. The van der Waals surface area contributed by atoms with Crippen LogP contribution in [0.4, 0.5) is 0 Å². The van der Waals surface area contributed by atoms with Crippen LogP contribution in [0.5, 0.6) is 0 Å².